The van der Waals surface area contributed by atoms with Gasteiger partial charge < -0.3 is 19.4 Å². The van der Waals surface area contributed by atoms with E-state index in [0.29, 0.717) is 63.7 Å². The molecule has 10 nitrogen and oxygen atoms in total. The van der Waals surface area contributed by atoms with Gasteiger partial charge in [0, 0.05) is 63.3 Å². The van der Waals surface area contributed by atoms with Gasteiger partial charge in [0.15, 0.2) is 9.84 Å². The zero-order valence-corrected chi connectivity index (χ0v) is 19.2. The van der Waals surface area contributed by atoms with Crippen LogP contribution in [0.3, 0.4) is 0 Å². The van der Waals surface area contributed by atoms with Crippen molar-refractivity contribution in [2.75, 3.05) is 68.5 Å². The predicted molar refractivity (Wildman–Crippen MR) is 124 cm³/mol. The number of carbonyl (C=O) groups excluding carboxylic acids is 1. The number of morpholine rings is 1. The number of benzene rings is 2. The molecule has 176 valence electrons. The fraction of sp³-hybridized carbons (Fsp3) is 0.409. The van der Waals surface area contributed by atoms with Crippen molar-refractivity contribution in [3.8, 4) is 0 Å². The van der Waals surface area contributed by atoms with Gasteiger partial charge in [-0.05, 0) is 30.3 Å². The first-order chi connectivity index (χ1) is 15.7. The molecule has 2 heterocycles. The zero-order valence-electron chi connectivity index (χ0n) is 18.3. The van der Waals surface area contributed by atoms with Crippen LogP contribution in [-0.2, 0) is 14.6 Å². The first-order valence-electron chi connectivity index (χ1n) is 10.7. The molecule has 4 rings (SSSR count). The lowest BCUT2D eigenvalue weighted by Crippen LogP contribution is -2.49. The monoisotopic (exact) mass is 474 g/mol. The van der Waals surface area contributed by atoms with Crippen molar-refractivity contribution < 1.29 is 22.9 Å². The van der Waals surface area contributed by atoms with Gasteiger partial charge in [-0.15, -0.1) is 0 Å². The van der Waals surface area contributed by atoms with Crippen LogP contribution in [0.2, 0.25) is 0 Å². The molecule has 1 amide bonds. The van der Waals surface area contributed by atoms with E-state index in [-0.39, 0.29) is 16.5 Å². The van der Waals surface area contributed by atoms with Crippen LogP contribution in [0.25, 0.3) is 0 Å². The Morgan fingerprint density at radius 2 is 1.58 bits per heavy atom. The number of carbonyl (C=O) groups is 1. The first kappa shape index (κ1) is 23.0. The first-order valence-corrected chi connectivity index (χ1v) is 12.6. The lowest BCUT2D eigenvalue weighted by atomic mass is 10.1. The number of rotatable bonds is 5. The molecule has 0 radical (unpaired) electrons. The molecule has 0 saturated carbocycles. The van der Waals surface area contributed by atoms with Gasteiger partial charge in [-0.25, -0.2) is 8.42 Å². The molecular weight excluding hydrogens is 448 g/mol. The molecule has 2 aromatic rings. The van der Waals surface area contributed by atoms with Crippen molar-refractivity contribution >= 4 is 32.8 Å². The van der Waals surface area contributed by atoms with Gasteiger partial charge in [-0.3, -0.25) is 14.9 Å². The van der Waals surface area contributed by atoms with E-state index >= 15 is 0 Å². The van der Waals surface area contributed by atoms with Crippen molar-refractivity contribution in [3.63, 3.8) is 0 Å². The third-order valence-corrected chi connectivity index (χ3v) is 7.10. The third-order valence-electron chi connectivity index (χ3n) is 5.97. The number of amides is 1. The van der Waals surface area contributed by atoms with E-state index in [4.69, 9.17) is 4.74 Å². The summed E-state index contributed by atoms with van der Waals surface area (Å²) in [7, 11) is -3.26. The Kier molecular flexibility index (Phi) is 6.52. The fourth-order valence-electron chi connectivity index (χ4n) is 4.13. The quantitative estimate of drug-likeness (QED) is 0.476. The summed E-state index contributed by atoms with van der Waals surface area (Å²) in [5.41, 5.74) is 1.79. The average Bonchev–Trinajstić information content (AvgIpc) is 2.83. The highest BCUT2D eigenvalue weighted by Gasteiger charge is 2.28. The molecule has 2 aliphatic rings. The average molecular weight is 475 g/mol. The van der Waals surface area contributed by atoms with Crippen LogP contribution in [0.1, 0.15) is 10.4 Å². The van der Waals surface area contributed by atoms with Gasteiger partial charge >= 0.3 is 0 Å². The lowest BCUT2D eigenvalue weighted by Gasteiger charge is -2.37. The number of non-ortho nitro benzene ring substituents is 1. The van der Waals surface area contributed by atoms with E-state index in [1.54, 1.807) is 35.2 Å². The van der Waals surface area contributed by atoms with E-state index < -0.39 is 14.8 Å². The summed E-state index contributed by atoms with van der Waals surface area (Å²) in [4.78, 5) is 30.3. The summed E-state index contributed by atoms with van der Waals surface area (Å²) in [6.07, 6.45) is 1.17. The van der Waals surface area contributed by atoms with Crippen LogP contribution in [0, 0.1) is 10.1 Å². The molecule has 11 heteroatoms. The Morgan fingerprint density at radius 3 is 2.15 bits per heavy atom. The van der Waals surface area contributed by atoms with E-state index in [1.807, 2.05) is 4.90 Å². The second kappa shape index (κ2) is 9.36. The molecule has 0 spiro atoms. The number of hydrogen-bond donors (Lipinski definition) is 0. The normalized spacial score (nSPS) is 17.2. The molecule has 2 aliphatic heterocycles. The Hall–Kier alpha value is -3.18. The van der Waals surface area contributed by atoms with Gasteiger partial charge in [0.1, 0.15) is 0 Å². The molecule has 2 fully saturated rings. The lowest BCUT2D eigenvalue weighted by molar-refractivity contribution is -0.384. The standard InChI is InChI=1S/C22H26N4O6S/c1-33(30,31)19-5-2-17(3-6-19)23-8-10-25(11-9-23)22(27)20-16-18(26(28)29)4-7-21(20)24-12-14-32-15-13-24/h2-7,16H,8-15H2,1H3. The van der Waals surface area contributed by atoms with Gasteiger partial charge in [0.25, 0.3) is 11.6 Å². The summed E-state index contributed by atoms with van der Waals surface area (Å²) >= 11 is 0. The Morgan fingerprint density at radius 1 is 0.939 bits per heavy atom. The number of ether oxygens (including phenoxy) is 1. The second-order valence-corrected chi connectivity index (χ2v) is 10.1. The summed E-state index contributed by atoms with van der Waals surface area (Å²) in [5.74, 6) is -0.229. The smallest absolute Gasteiger partial charge is 0.270 e. The fourth-order valence-corrected chi connectivity index (χ4v) is 4.76. The molecule has 0 aromatic heterocycles. The summed E-state index contributed by atoms with van der Waals surface area (Å²) in [6.45, 7) is 4.39. The minimum atomic E-state index is -3.26. The second-order valence-electron chi connectivity index (χ2n) is 8.10. The van der Waals surface area contributed by atoms with Crippen LogP contribution in [0.4, 0.5) is 17.1 Å². The third kappa shape index (κ3) is 5.09. The minimum absolute atomic E-state index is 0.111. The van der Waals surface area contributed by atoms with Crippen LogP contribution in [0.5, 0.6) is 0 Å². The highest BCUT2D eigenvalue weighted by molar-refractivity contribution is 7.90. The maximum Gasteiger partial charge on any atom is 0.270 e. The summed E-state index contributed by atoms with van der Waals surface area (Å²) < 4.78 is 28.7. The number of nitrogens with zero attached hydrogens (tertiary/aromatic N) is 4. The molecule has 0 aliphatic carbocycles. The predicted octanol–water partition coefficient (Wildman–Crippen LogP) is 1.80. The van der Waals surface area contributed by atoms with Gasteiger partial charge in [-0.2, -0.15) is 0 Å². The van der Waals surface area contributed by atoms with Crippen LogP contribution < -0.4 is 9.80 Å². The summed E-state index contributed by atoms with van der Waals surface area (Å²) in [5, 5.41) is 11.3. The highest BCUT2D eigenvalue weighted by Crippen LogP contribution is 2.28. The minimum Gasteiger partial charge on any atom is -0.378 e. The van der Waals surface area contributed by atoms with E-state index in [0.717, 1.165) is 5.69 Å². The Labute approximate surface area is 192 Å². The molecule has 0 bridgehead atoms. The molecule has 0 atom stereocenters. The van der Waals surface area contributed by atoms with Crippen molar-refractivity contribution in [3.05, 3.63) is 58.1 Å². The van der Waals surface area contributed by atoms with E-state index in [1.165, 1.54) is 18.4 Å². The van der Waals surface area contributed by atoms with Crippen molar-refractivity contribution in [1.29, 1.82) is 0 Å². The number of sulfone groups is 1. The molecule has 2 saturated heterocycles. The Bertz CT molecular complexity index is 1140. The van der Waals surface area contributed by atoms with E-state index in [9.17, 15) is 23.3 Å². The van der Waals surface area contributed by atoms with Crippen LogP contribution >= 0.6 is 0 Å². The van der Waals surface area contributed by atoms with Gasteiger partial charge in [0.05, 0.1) is 34.3 Å². The number of piperazine rings is 1. The summed E-state index contributed by atoms with van der Waals surface area (Å²) in [6, 6.07) is 11.1. The van der Waals surface area contributed by atoms with E-state index in [2.05, 4.69) is 4.90 Å². The van der Waals surface area contributed by atoms with Crippen LogP contribution in [0.15, 0.2) is 47.4 Å². The van der Waals surface area contributed by atoms with Crippen LogP contribution in [-0.4, -0.2) is 82.9 Å². The number of anilines is 2. The molecule has 33 heavy (non-hydrogen) atoms. The van der Waals surface area contributed by atoms with Crippen molar-refractivity contribution in [2.45, 2.75) is 4.90 Å². The number of nitro groups is 1. The molecular formula is C22H26N4O6S. The van der Waals surface area contributed by atoms with Crippen molar-refractivity contribution in [1.82, 2.24) is 4.90 Å². The highest BCUT2D eigenvalue weighted by atomic mass is 32.2. The van der Waals surface area contributed by atoms with Crippen molar-refractivity contribution in [2.24, 2.45) is 0 Å². The topological polar surface area (TPSA) is 113 Å². The van der Waals surface area contributed by atoms with Gasteiger partial charge in [-0.1, -0.05) is 0 Å². The number of hydrogen-bond acceptors (Lipinski definition) is 8. The largest absolute Gasteiger partial charge is 0.378 e. The number of nitro benzene ring substituents is 1. The van der Waals surface area contributed by atoms with Gasteiger partial charge in [0.2, 0.25) is 0 Å². The zero-order chi connectivity index (χ0) is 23.6. The SMILES string of the molecule is CS(=O)(=O)c1ccc(N2CCN(C(=O)c3cc([N+](=O)[O-])ccc3N3CCOCC3)CC2)cc1. The molecule has 2 aromatic carbocycles. The molecule has 0 unspecified atom stereocenters. The maximum absolute atomic E-state index is 13.4. The molecule has 0 N–H and O–H groups in total. The maximum atomic E-state index is 13.4. The Balaban J connectivity index is 1.50.